The first-order valence-electron chi connectivity index (χ1n) is 7.05. The lowest BCUT2D eigenvalue weighted by Gasteiger charge is -1.99. The molecule has 0 radical (unpaired) electrons. The third-order valence-corrected chi connectivity index (χ3v) is 4.04. The summed E-state index contributed by atoms with van der Waals surface area (Å²) in [6, 6.07) is 9.14. The highest BCUT2D eigenvalue weighted by atomic mass is 32.1. The van der Waals surface area contributed by atoms with Gasteiger partial charge in [-0.05, 0) is 19.1 Å². The van der Waals surface area contributed by atoms with Crippen molar-refractivity contribution in [2.75, 3.05) is 5.32 Å². The number of alkyl halides is 3. The number of amides is 1. The van der Waals surface area contributed by atoms with Crippen molar-refractivity contribution in [2.45, 2.75) is 19.5 Å². The van der Waals surface area contributed by atoms with Crippen LogP contribution in [-0.4, -0.2) is 21.1 Å². The Morgan fingerprint density at radius 1 is 1.24 bits per heavy atom. The molecule has 3 rings (SSSR count). The Labute approximate surface area is 143 Å². The van der Waals surface area contributed by atoms with E-state index < -0.39 is 17.1 Å². The van der Waals surface area contributed by atoms with Crippen LogP contribution >= 0.6 is 11.3 Å². The van der Waals surface area contributed by atoms with Gasteiger partial charge in [-0.15, -0.1) is 10.2 Å². The summed E-state index contributed by atoms with van der Waals surface area (Å²) in [6.45, 7) is 1.66. The van der Waals surface area contributed by atoms with Gasteiger partial charge in [0.2, 0.25) is 21.9 Å². The van der Waals surface area contributed by atoms with E-state index in [0.717, 1.165) is 5.56 Å². The number of anilines is 1. The molecule has 6 nitrogen and oxygen atoms in total. The Balaban J connectivity index is 1.69. The van der Waals surface area contributed by atoms with Crippen LogP contribution in [0.2, 0.25) is 0 Å². The molecule has 0 saturated carbocycles. The van der Waals surface area contributed by atoms with Crippen molar-refractivity contribution >= 4 is 22.4 Å². The van der Waals surface area contributed by atoms with Crippen LogP contribution < -0.4 is 5.32 Å². The van der Waals surface area contributed by atoms with E-state index in [2.05, 4.69) is 20.5 Å². The first-order chi connectivity index (χ1) is 11.8. The number of aryl methyl sites for hydroxylation is 1. The predicted octanol–water partition coefficient (Wildman–Crippen LogP) is 3.70. The van der Waals surface area contributed by atoms with Crippen molar-refractivity contribution in [2.24, 2.45) is 0 Å². The molecule has 0 aliphatic rings. The van der Waals surface area contributed by atoms with Gasteiger partial charge in [0.25, 0.3) is 0 Å². The van der Waals surface area contributed by atoms with Crippen LogP contribution in [0.25, 0.3) is 11.5 Å². The molecule has 1 N–H and O–H groups in total. The van der Waals surface area contributed by atoms with Crippen LogP contribution in [0.5, 0.6) is 0 Å². The molecule has 0 spiro atoms. The minimum absolute atomic E-state index is 0.150. The number of halogens is 3. The highest BCUT2D eigenvalue weighted by Gasteiger charge is 2.35. The number of aromatic nitrogens is 3. The number of oxazole rings is 1. The molecule has 0 saturated heterocycles. The maximum absolute atomic E-state index is 12.5. The number of nitrogens with one attached hydrogen (secondary N) is 1. The van der Waals surface area contributed by atoms with E-state index in [1.807, 2.05) is 30.3 Å². The Morgan fingerprint density at radius 3 is 2.60 bits per heavy atom. The summed E-state index contributed by atoms with van der Waals surface area (Å²) in [6.07, 6.45) is -4.74. The summed E-state index contributed by atoms with van der Waals surface area (Å²) >= 11 is 0.262. The lowest BCUT2D eigenvalue weighted by molar-refractivity contribution is -0.138. The number of carbonyl (C=O) groups is 1. The van der Waals surface area contributed by atoms with E-state index in [4.69, 9.17) is 4.42 Å². The van der Waals surface area contributed by atoms with Crippen molar-refractivity contribution in [1.29, 1.82) is 0 Å². The minimum Gasteiger partial charge on any atom is -0.441 e. The molecule has 0 aliphatic heterocycles. The molecule has 0 atom stereocenters. The fraction of sp³-hybridized carbons (Fsp3) is 0.200. The summed E-state index contributed by atoms with van der Waals surface area (Å²) < 4.78 is 43.0. The van der Waals surface area contributed by atoms with E-state index >= 15 is 0 Å². The monoisotopic (exact) mass is 368 g/mol. The second-order valence-corrected chi connectivity index (χ2v) is 6.00. The molecule has 10 heteroatoms. The zero-order valence-electron chi connectivity index (χ0n) is 12.8. The largest absolute Gasteiger partial charge is 0.445 e. The summed E-state index contributed by atoms with van der Waals surface area (Å²) in [5, 5.41) is 7.26. The third-order valence-electron chi connectivity index (χ3n) is 3.16. The van der Waals surface area contributed by atoms with Gasteiger partial charge in [-0.1, -0.05) is 29.5 Å². The van der Waals surface area contributed by atoms with Crippen molar-refractivity contribution in [3.63, 3.8) is 0 Å². The van der Waals surface area contributed by atoms with Crippen LogP contribution in [0.1, 0.15) is 16.5 Å². The number of benzene rings is 1. The summed E-state index contributed by atoms with van der Waals surface area (Å²) in [7, 11) is 0. The quantitative estimate of drug-likeness (QED) is 0.759. The lowest BCUT2D eigenvalue weighted by Crippen LogP contribution is -2.15. The smallest absolute Gasteiger partial charge is 0.441 e. The van der Waals surface area contributed by atoms with Gasteiger partial charge < -0.3 is 9.73 Å². The minimum atomic E-state index is -4.59. The molecule has 0 unspecified atom stereocenters. The van der Waals surface area contributed by atoms with Crippen LogP contribution in [0.4, 0.5) is 18.3 Å². The molecule has 0 fully saturated rings. The van der Waals surface area contributed by atoms with Gasteiger partial charge in [-0.2, -0.15) is 13.2 Å². The molecule has 1 aromatic carbocycles. The molecule has 0 bridgehead atoms. The van der Waals surface area contributed by atoms with Crippen LogP contribution in [0, 0.1) is 6.92 Å². The topological polar surface area (TPSA) is 80.9 Å². The molecular weight excluding hydrogens is 357 g/mol. The molecule has 130 valence electrons. The Hall–Kier alpha value is -2.75. The van der Waals surface area contributed by atoms with Gasteiger partial charge >= 0.3 is 6.18 Å². The standard InChI is InChI=1S/C15H11F3N4O2S/c1-8-10(19-12(24-8)9-5-3-2-4-6-9)7-11(23)20-14-22-21-13(25-14)15(16,17)18/h2-6H,7H2,1H3,(H,20,22,23). The van der Waals surface area contributed by atoms with E-state index in [-0.39, 0.29) is 22.9 Å². The average Bonchev–Trinajstić information content (AvgIpc) is 3.15. The number of rotatable bonds is 4. The van der Waals surface area contributed by atoms with Crippen molar-refractivity contribution < 1.29 is 22.4 Å². The summed E-state index contributed by atoms with van der Waals surface area (Å²) in [5.74, 6) is 0.277. The number of hydrogen-bond acceptors (Lipinski definition) is 6. The Bertz CT molecular complexity index is 890. The van der Waals surface area contributed by atoms with E-state index in [1.165, 1.54) is 0 Å². The molecule has 2 aromatic heterocycles. The first kappa shape index (κ1) is 17.1. The number of carbonyl (C=O) groups excluding carboxylic acids is 1. The molecule has 3 aromatic rings. The van der Waals surface area contributed by atoms with Crippen molar-refractivity contribution in [3.05, 3.63) is 46.8 Å². The highest BCUT2D eigenvalue weighted by Crippen LogP contribution is 2.33. The second kappa shape index (κ2) is 6.63. The van der Waals surface area contributed by atoms with Crippen molar-refractivity contribution in [3.8, 4) is 11.5 Å². The van der Waals surface area contributed by atoms with Crippen LogP contribution in [-0.2, 0) is 17.4 Å². The van der Waals surface area contributed by atoms with Gasteiger partial charge in [0.15, 0.2) is 0 Å². The van der Waals surface area contributed by atoms with E-state index in [9.17, 15) is 18.0 Å². The fourth-order valence-corrected chi connectivity index (χ4v) is 2.63. The normalized spacial score (nSPS) is 11.5. The van der Waals surface area contributed by atoms with Gasteiger partial charge in [-0.25, -0.2) is 4.98 Å². The molecule has 0 aliphatic carbocycles. The molecule has 1 amide bonds. The van der Waals surface area contributed by atoms with Gasteiger partial charge in [0.1, 0.15) is 5.76 Å². The predicted molar refractivity (Wildman–Crippen MR) is 83.9 cm³/mol. The maximum atomic E-state index is 12.5. The summed E-state index contributed by atoms with van der Waals surface area (Å²) in [4.78, 5) is 16.3. The van der Waals surface area contributed by atoms with Crippen LogP contribution in [0.3, 0.4) is 0 Å². The Morgan fingerprint density at radius 2 is 1.96 bits per heavy atom. The van der Waals surface area contributed by atoms with Gasteiger partial charge in [0.05, 0.1) is 12.1 Å². The third kappa shape index (κ3) is 4.02. The fourth-order valence-electron chi connectivity index (χ4n) is 2.00. The van der Waals surface area contributed by atoms with Crippen molar-refractivity contribution in [1.82, 2.24) is 15.2 Å². The van der Waals surface area contributed by atoms with Gasteiger partial charge in [0, 0.05) is 5.56 Å². The van der Waals surface area contributed by atoms with E-state index in [0.29, 0.717) is 17.3 Å². The van der Waals surface area contributed by atoms with Crippen LogP contribution in [0.15, 0.2) is 34.7 Å². The zero-order valence-corrected chi connectivity index (χ0v) is 13.6. The second-order valence-electron chi connectivity index (χ2n) is 5.02. The number of nitrogens with zero attached hydrogens (tertiary/aromatic N) is 3. The molecule has 25 heavy (non-hydrogen) atoms. The summed E-state index contributed by atoms with van der Waals surface area (Å²) in [5.41, 5.74) is 1.16. The number of hydrogen-bond donors (Lipinski definition) is 1. The molecule has 2 heterocycles. The molecular formula is C15H11F3N4O2S. The highest BCUT2D eigenvalue weighted by molar-refractivity contribution is 7.15. The average molecular weight is 368 g/mol. The zero-order chi connectivity index (χ0) is 18.0. The lowest BCUT2D eigenvalue weighted by atomic mass is 10.2. The maximum Gasteiger partial charge on any atom is 0.445 e. The van der Waals surface area contributed by atoms with Gasteiger partial charge in [-0.3, -0.25) is 4.79 Å². The SMILES string of the molecule is Cc1oc(-c2ccccc2)nc1CC(=O)Nc1nnc(C(F)(F)F)s1. The van der Waals surface area contributed by atoms with E-state index in [1.54, 1.807) is 6.92 Å². The first-order valence-corrected chi connectivity index (χ1v) is 7.87. The Kier molecular flexibility index (Phi) is 4.53.